The summed E-state index contributed by atoms with van der Waals surface area (Å²) in [7, 11) is 4.16. The van der Waals surface area contributed by atoms with Gasteiger partial charge in [-0.2, -0.15) is 0 Å². The van der Waals surface area contributed by atoms with Crippen molar-refractivity contribution in [2.24, 2.45) is 5.41 Å². The Bertz CT molecular complexity index is 134. The Morgan fingerprint density at radius 2 is 1.82 bits per heavy atom. The molecule has 1 heteroatoms. The molecule has 0 fully saturated rings. The van der Waals surface area contributed by atoms with Gasteiger partial charge in [0.2, 0.25) is 0 Å². The van der Waals surface area contributed by atoms with Crippen LogP contribution in [0.4, 0.5) is 0 Å². The Hall–Kier alpha value is -0.300. The van der Waals surface area contributed by atoms with Crippen LogP contribution in [0.3, 0.4) is 0 Å². The first kappa shape index (κ1) is 10.7. The standard InChI is InChI=1S/C10H21N/c1-7-10(3,4)9(2)8-11(5)6/h2,7-8H2,1,3-6H3. The molecule has 0 heterocycles. The van der Waals surface area contributed by atoms with Crippen LogP contribution in [-0.2, 0) is 0 Å². The molecule has 0 aromatic carbocycles. The average molecular weight is 155 g/mol. The molecule has 66 valence electrons. The van der Waals surface area contributed by atoms with Gasteiger partial charge >= 0.3 is 0 Å². The fourth-order valence-corrected chi connectivity index (χ4v) is 0.846. The van der Waals surface area contributed by atoms with E-state index in [2.05, 4.69) is 46.3 Å². The summed E-state index contributed by atoms with van der Waals surface area (Å²) >= 11 is 0. The highest BCUT2D eigenvalue weighted by Crippen LogP contribution is 2.28. The zero-order valence-corrected chi connectivity index (χ0v) is 8.57. The molecular formula is C10H21N. The van der Waals surface area contributed by atoms with Crippen LogP contribution in [0.1, 0.15) is 27.2 Å². The molecule has 0 radical (unpaired) electrons. The van der Waals surface area contributed by atoms with Gasteiger partial charge in [-0.05, 0) is 25.9 Å². The molecule has 0 spiro atoms. The zero-order valence-electron chi connectivity index (χ0n) is 8.57. The van der Waals surface area contributed by atoms with Gasteiger partial charge in [-0.3, -0.25) is 0 Å². The molecule has 1 nitrogen and oxygen atoms in total. The van der Waals surface area contributed by atoms with Crippen molar-refractivity contribution >= 4 is 0 Å². The maximum Gasteiger partial charge on any atom is 0.0189 e. The highest BCUT2D eigenvalue weighted by atomic mass is 15.0. The first-order valence-corrected chi connectivity index (χ1v) is 4.23. The second-order valence-electron chi connectivity index (χ2n) is 4.08. The second kappa shape index (κ2) is 3.91. The van der Waals surface area contributed by atoms with Gasteiger partial charge in [0.25, 0.3) is 0 Å². The summed E-state index contributed by atoms with van der Waals surface area (Å²) in [6.07, 6.45) is 1.17. The van der Waals surface area contributed by atoms with E-state index in [0.29, 0.717) is 5.41 Å². The van der Waals surface area contributed by atoms with Crippen molar-refractivity contribution in [3.63, 3.8) is 0 Å². The summed E-state index contributed by atoms with van der Waals surface area (Å²) < 4.78 is 0. The van der Waals surface area contributed by atoms with Crippen molar-refractivity contribution in [3.8, 4) is 0 Å². The quantitative estimate of drug-likeness (QED) is 0.564. The number of rotatable bonds is 4. The molecule has 0 aromatic heterocycles. The van der Waals surface area contributed by atoms with E-state index < -0.39 is 0 Å². The average Bonchev–Trinajstić information content (AvgIpc) is 1.86. The van der Waals surface area contributed by atoms with E-state index >= 15 is 0 Å². The van der Waals surface area contributed by atoms with Gasteiger partial charge < -0.3 is 4.90 Å². The monoisotopic (exact) mass is 155 g/mol. The van der Waals surface area contributed by atoms with Gasteiger partial charge in [-0.25, -0.2) is 0 Å². The minimum Gasteiger partial charge on any atom is -0.305 e. The summed E-state index contributed by atoms with van der Waals surface area (Å²) in [6.45, 7) is 11.8. The van der Waals surface area contributed by atoms with Gasteiger partial charge in [0, 0.05) is 6.54 Å². The van der Waals surface area contributed by atoms with Crippen LogP contribution >= 0.6 is 0 Å². The molecule has 0 bridgehead atoms. The zero-order chi connectivity index (χ0) is 9.07. The highest BCUT2D eigenvalue weighted by Gasteiger charge is 2.18. The molecule has 0 amide bonds. The molecule has 0 aliphatic carbocycles. The highest BCUT2D eigenvalue weighted by molar-refractivity contribution is 5.08. The summed E-state index contributed by atoms with van der Waals surface area (Å²) in [6, 6.07) is 0. The van der Waals surface area contributed by atoms with Crippen LogP contribution < -0.4 is 0 Å². The summed E-state index contributed by atoms with van der Waals surface area (Å²) in [5.74, 6) is 0. The molecule has 0 atom stereocenters. The minimum absolute atomic E-state index is 0.296. The Labute approximate surface area is 71.1 Å². The molecule has 0 N–H and O–H groups in total. The van der Waals surface area contributed by atoms with Crippen molar-refractivity contribution in [1.82, 2.24) is 4.90 Å². The molecule has 0 saturated heterocycles. The third kappa shape index (κ3) is 3.57. The van der Waals surface area contributed by atoms with Crippen LogP contribution in [0.5, 0.6) is 0 Å². The Kier molecular flexibility index (Phi) is 3.81. The number of hydrogen-bond donors (Lipinski definition) is 0. The molecule has 0 saturated carbocycles. The third-order valence-corrected chi connectivity index (χ3v) is 2.35. The predicted molar refractivity (Wildman–Crippen MR) is 51.8 cm³/mol. The SMILES string of the molecule is C=C(CN(C)C)C(C)(C)CC. The van der Waals surface area contributed by atoms with Crippen molar-refractivity contribution in [1.29, 1.82) is 0 Å². The molecule has 11 heavy (non-hydrogen) atoms. The van der Waals surface area contributed by atoms with E-state index in [1.807, 2.05) is 0 Å². The smallest absolute Gasteiger partial charge is 0.0189 e. The van der Waals surface area contributed by atoms with Crippen molar-refractivity contribution in [2.45, 2.75) is 27.2 Å². The van der Waals surface area contributed by atoms with Gasteiger partial charge in [-0.15, -0.1) is 0 Å². The maximum atomic E-state index is 4.10. The fourth-order valence-electron chi connectivity index (χ4n) is 0.846. The second-order valence-corrected chi connectivity index (χ2v) is 4.08. The minimum atomic E-state index is 0.296. The first-order chi connectivity index (χ1) is 4.90. The number of nitrogens with zero attached hydrogens (tertiary/aromatic N) is 1. The predicted octanol–water partition coefficient (Wildman–Crippen LogP) is 2.54. The fraction of sp³-hybridized carbons (Fsp3) is 0.800. The van der Waals surface area contributed by atoms with Crippen LogP contribution in [0, 0.1) is 5.41 Å². The normalized spacial score (nSPS) is 12.2. The summed E-state index contributed by atoms with van der Waals surface area (Å²) in [5.41, 5.74) is 1.62. The van der Waals surface area contributed by atoms with Gasteiger partial charge in [0.05, 0.1) is 0 Å². The maximum absolute atomic E-state index is 4.10. The molecule has 0 rings (SSSR count). The van der Waals surface area contributed by atoms with Crippen LogP contribution in [0.15, 0.2) is 12.2 Å². The lowest BCUT2D eigenvalue weighted by Gasteiger charge is -2.27. The molecular weight excluding hydrogens is 134 g/mol. The molecule has 0 aliphatic rings. The summed E-state index contributed by atoms with van der Waals surface area (Å²) in [4.78, 5) is 2.17. The van der Waals surface area contributed by atoms with Crippen molar-refractivity contribution < 1.29 is 0 Å². The van der Waals surface area contributed by atoms with Gasteiger partial charge in [-0.1, -0.05) is 32.9 Å². The lowest BCUT2D eigenvalue weighted by atomic mass is 9.82. The Morgan fingerprint density at radius 1 is 1.36 bits per heavy atom. The van der Waals surface area contributed by atoms with E-state index in [0.717, 1.165) is 6.54 Å². The van der Waals surface area contributed by atoms with Crippen molar-refractivity contribution in [2.75, 3.05) is 20.6 Å². The summed E-state index contributed by atoms with van der Waals surface area (Å²) in [5, 5.41) is 0. The van der Waals surface area contributed by atoms with E-state index in [1.165, 1.54) is 12.0 Å². The van der Waals surface area contributed by atoms with Crippen molar-refractivity contribution in [3.05, 3.63) is 12.2 Å². The van der Waals surface area contributed by atoms with E-state index in [4.69, 9.17) is 0 Å². The lowest BCUT2D eigenvalue weighted by Crippen LogP contribution is -2.23. The third-order valence-electron chi connectivity index (χ3n) is 2.35. The van der Waals surface area contributed by atoms with Gasteiger partial charge in [0.15, 0.2) is 0 Å². The van der Waals surface area contributed by atoms with E-state index in [1.54, 1.807) is 0 Å². The van der Waals surface area contributed by atoms with Crippen LogP contribution in [0.2, 0.25) is 0 Å². The topological polar surface area (TPSA) is 3.24 Å². The number of likely N-dealkylation sites (N-methyl/N-ethyl adjacent to an activating group) is 1. The number of hydrogen-bond acceptors (Lipinski definition) is 1. The molecule has 0 aromatic rings. The van der Waals surface area contributed by atoms with Crippen LogP contribution in [0.25, 0.3) is 0 Å². The van der Waals surface area contributed by atoms with Gasteiger partial charge in [0.1, 0.15) is 0 Å². The Morgan fingerprint density at radius 3 is 2.09 bits per heavy atom. The van der Waals surface area contributed by atoms with Crippen LogP contribution in [-0.4, -0.2) is 25.5 Å². The molecule has 0 aliphatic heterocycles. The molecule has 0 unspecified atom stereocenters. The van der Waals surface area contributed by atoms with E-state index in [-0.39, 0.29) is 0 Å². The van der Waals surface area contributed by atoms with E-state index in [9.17, 15) is 0 Å². The largest absolute Gasteiger partial charge is 0.305 e. The first-order valence-electron chi connectivity index (χ1n) is 4.23. The Balaban J connectivity index is 4.02. The lowest BCUT2D eigenvalue weighted by molar-refractivity contribution is 0.358.